The van der Waals surface area contributed by atoms with E-state index in [4.69, 9.17) is 11.6 Å². The fourth-order valence-corrected chi connectivity index (χ4v) is 3.85. The largest absolute Gasteiger partial charge is 0.384 e. The fourth-order valence-electron chi connectivity index (χ4n) is 3.68. The Labute approximate surface area is 152 Å². The number of rotatable bonds is 2. The van der Waals surface area contributed by atoms with E-state index >= 15 is 0 Å². The van der Waals surface area contributed by atoms with Crippen LogP contribution < -0.4 is 5.32 Å². The van der Waals surface area contributed by atoms with E-state index in [0.29, 0.717) is 5.02 Å². The number of dihydropyridines is 1. The summed E-state index contributed by atoms with van der Waals surface area (Å²) in [5.41, 5.74) is 3.67. The average molecular weight is 354 g/mol. The lowest BCUT2D eigenvalue weighted by molar-refractivity contribution is 0.114. The van der Waals surface area contributed by atoms with Crippen molar-refractivity contribution in [2.75, 3.05) is 0 Å². The number of aromatic nitrogens is 2. The van der Waals surface area contributed by atoms with E-state index in [1.807, 2.05) is 49.0 Å². The van der Waals surface area contributed by atoms with Gasteiger partial charge in [0.2, 0.25) is 0 Å². The van der Waals surface area contributed by atoms with Crippen molar-refractivity contribution in [2.45, 2.75) is 25.0 Å². The molecule has 1 aliphatic carbocycles. The van der Waals surface area contributed by atoms with Crippen LogP contribution in [0, 0.1) is 0 Å². The van der Waals surface area contributed by atoms with Crippen LogP contribution in [0.25, 0.3) is 5.57 Å². The summed E-state index contributed by atoms with van der Waals surface area (Å²) in [4.78, 5) is 4.17. The molecule has 5 heteroatoms. The Morgan fingerprint density at radius 1 is 1.40 bits per heavy atom. The summed E-state index contributed by atoms with van der Waals surface area (Å²) in [5, 5.41) is 15.6. The third-order valence-electron chi connectivity index (χ3n) is 5.02. The summed E-state index contributed by atoms with van der Waals surface area (Å²) in [6.07, 6.45) is 12.4. The minimum atomic E-state index is -1.19. The van der Waals surface area contributed by atoms with E-state index < -0.39 is 5.60 Å². The average Bonchev–Trinajstić information content (AvgIpc) is 2.94. The van der Waals surface area contributed by atoms with Crippen molar-refractivity contribution in [3.63, 3.8) is 0 Å². The molecule has 2 atom stereocenters. The van der Waals surface area contributed by atoms with E-state index in [1.54, 1.807) is 12.5 Å². The summed E-state index contributed by atoms with van der Waals surface area (Å²) in [5.74, 6) is 0. The molecule has 0 radical (unpaired) electrons. The van der Waals surface area contributed by atoms with Gasteiger partial charge in [0.1, 0.15) is 5.60 Å². The number of benzene rings is 1. The Hall–Kier alpha value is -2.30. The minimum Gasteiger partial charge on any atom is -0.384 e. The van der Waals surface area contributed by atoms with Gasteiger partial charge >= 0.3 is 0 Å². The molecule has 0 spiro atoms. The number of fused-ring (bicyclic) bond motifs is 2. The Bertz CT molecular complexity index is 921. The molecule has 1 aromatic carbocycles. The van der Waals surface area contributed by atoms with E-state index in [1.165, 1.54) is 0 Å². The smallest absolute Gasteiger partial charge is 0.129 e. The van der Waals surface area contributed by atoms with Crippen LogP contribution in [0.3, 0.4) is 0 Å². The molecule has 0 bridgehead atoms. The van der Waals surface area contributed by atoms with Crippen molar-refractivity contribution in [1.29, 1.82) is 0 Å². The first kappa shape index (κ1) is 16.2. The van der Waals surface area contributed by atoms with Crippen molar-refractivity contribution in [3.8, 4) is 0 Å². The number of aryl methyl sites for hydroxylation is 1. The molecular weight excluding hydrogens is 334 g/mol. The van der Waals surface area contributed by atoms with Crippen molar-refractivity contribution in [2.24, 2.45) is 7.05 Å². The van der Waals surface area contributed by atoms with Crippen LogP contribution in [0.5, 0.6) is 0 Å². The van der Waals surface area contributed by atoms with Crippen LogP contribution >= 0.6 is 11.6 Å². The Balaban J connectivity index is 1.96. The molecule has 1 aliphatic heterocycles. The first-order chi connectivity index (χ1) is 12.0. The third-order valence-corrected chi connectivity index (χ3v) is 5.26. The quantitative estimate of drug-likeness (QED) is 0.870. The van der Waals surface area contributed by atoms with Crippen molar-refractivity contribution < 1.29 is 5.11 Å². The summed E-state index contributed by atoms with van der Waals surface area (Å²) in [7, 11) is 1.89. The molecule has 0 fully saturated rings. The molecule has 2 heterocycles. The lowest BCUT2D eigenvalue weighted by Crippen LogP contribution is -2.29. The topological polar surface area (TPSA) is 50.1 Å². The highest BCUT2D eigenvalue weighted by molar-refractivity contribution is 6.30. The van der Waals surface area contributed by atoms with Gasteiger partial charge in [-0.1, -0.05) is 23.7 Å². The third kappa shape index (κ3) is 2.71. The van der Waals surface area contributed by atoms with Gasteiger partial charge < -0.3 is 15.0 Å². The lowest BCUT2D eigenvalue weighted by Gasteiger charge is -2.28. The van der Waals surface area contributed by atoms with Crippen LogP contribution in [-0.2, 0) is 19.1 Å². The van der Waals surface area contributed by atoms with Gasteiger partial charge in [0.15, 0.2) is 0 Å². The van der Waals surface area contributed by atoms with Crippen molar-refractivity contribution >= 4 is 17.2 Å². The van der Waals surface area contributed by atoms with E-state index in [0.717, 1.165) is 34.4 Å². The van der Waals surface area contributed by atoms with Gasteiger partial charge in [-0.2, -0.15) is 0 Å². The highest BCUT2D eigenvalue weighted by Gasteiger charge is 2.35. The van der Waals surface area contributed by atoms with Gasteiger partial charge in [-0.3, -0.25) is 0 Å². The van der Waals surface area contributed by atoms with Gasteiger partial charge in [0.25, 0.3) is 0 Å². The molecule has 1 unspecified atom stereocenters. The number of imidazole rings is 1. The fraction of sp³-hybridized carbons (Fsp3) is 0.250. The van der Waals surface area contributed by atoms with E-state index in [-0.39, 0.29) is 6.04 Å². The predicted octanol–water partition coefficient (Wildman–Crippen LogP) is 3.33. The number of hydrogen-bond acceptors (Lipinski definition) is 3. The van der Waals surface area contributed by atoms with Gasteiger partial charge in [-0.05, 0) is 66.1 Å². The molecule has 4 rings (SSSR count). The second kappa shape index (κ2) is 5.90. The molecule has 0 saturated carbocycles. The standard InChI is InChI=1S/C20H20ClN3O/c1-20(25,19-11-22-12-24(19)2)17-8-14-4-3-7-23-18(14)9-13-5-6-15(21)10-16(13)17/h3-8,10-12,18,23,25H,9H2,1-2H3/t18?,20-/m1/s1. The molecule has 4 nitrogen and oxygen atoms in total. The normalized spacial score (nSPS) is 21.2. The zero-order chi connectivity index (χ0) is 17.6. The van der Waals surface area contributed by atoms with Crippen LogP contribution in [0.15, 0.2) is 60.7 Å². The van der Waals surface area contributed by atoms with Gasteiger partial charge in [-0.25, -0.2) is 4.98 Å². The Kier molecular flexibility index (Phi) is 3.82. The van der Waals surface area contributed by atoms with Crippen LogP contribution in [-0.4, -0.2) is 20.7 Å². The molecule has 0 saturated heterocycles. The second-order valence-electron chi connectivity index (χ2n) is 6.77. The summed E-state index contributed by atoms with van der Waals surface area (Å²) in [6, 6.07) is 6.08. The second-order valence-corrected chi connectivity index (χ2v) is 7.21. The maximum Gasteiger partial charge on any atom is 0.129 e. The molecule has 128 valence electrons. The zero-order valence-electron chi connectivity index (χ0n) is 14.2. The number of hydrogen-bond donors (Lipinski definition) is 2. The highest BCUT2D eigenvalue weighted by Crippen LogP contribution is 2.41. The highest BCUT2D eigenvalue weighted by atomic mass is 35.5. The van der Waals surface area contributed by atoms with Gasteiger partial charge in [0.05, 0.1) is 24.3 Å². The maximum atomic E-state index is 11.5. The molecule has 1 aromatic heterocycles. The SMILES string of the molecule is Cn1cncc1[C@](C)(O)C1=CC2=CC=CNC2Cc2ccc(Cl)cc21. The first-order valence-electron chi connectivity index (χ1n) is 8.30. The molecule has 0 amide bonds. The van der Waals surface area contributed by atoms with E-state index in [2.05, 4.69) is 22.5 Å². The minimum absolute atomic E-state index is 0.185. The number of nitrogens with zero attached hydrogens (tertiary/aromatic N) is 2. The monoisotopic (exact) mass is 353 g/mol. The number of halogens is 1. The van der Waals surface area contributed by atoms with Gasteiger partial charge in [-0.15, -0.1) is 0 Å². The van der Waals surface area contributed by atoms with Crippen molar-refractivity contribution in [1.82, 2.24) is 14.9 Å². The lowest BCUT2D eigenvalue weighted by atomic mass is 9.84. The molecule has 25 heavy (non-hydrogen) atoms. The molecule has 2 aromatic rings. The van der Waals surface area contributed by atoms with Crippen molar-refractivity contribution in [3.05, 3.63) is 82.6 Å². The number of allylic oxidation sites excluding steroid dienone is 2. The summed E-state index contributed by atoms with van der Waals surface area (Å²) in [6.45, 7) is 1.81. The number of aliphatic hydroxyl groups is 1. The van der Waals surface area contributed by atoms with E-state index in [9.17, 15) is 5.11 Å². The molecule has 2 N–H and O–H groups in total. The zero-order valence-corrected chi connectivity index (χ0v) is 15.0. The Morgan fingerprint density at radius 2 is 2.24 bits per heavy atom. The summed E-state index contributed by atoms with van der Waals surface area (Å²) >= 11 is 6.29. The Morgan fingerprint density at radius 3 is 3.00 bits per heavy atom. The summed E-state index contributed by atoms with van der Waals surface area (Å²) < 4.78 is 1.85. The number of nitrogens with one attached hydrogen (secondary N) is 1. The first-order valence-corrected chi connectivity index (χ1v) is 8.67. The predicted molar refractivity (Wildman–Crippen MR) is 100 cm³/mol. The maximum absolute atomic E-state index is 11.5. The van der Waals surface area contributed by atoms with Crippen LogP contribution in [0.2, 0.25) is 5.02 Å². The van der Waals surface area contributed by atoms with Crippen LogP contribution in [0.4, 0.5) is 0 Å². The molecule has 2 aliphatic rings. The van der Waals surface area contributed by atoms with Gasteiger partial charge in [0, 0.05) is 12.1 Å². The molecular formula is C20H20ClN3O. The van der Waals surface area contributed by atoms with Crippen LogP contribution in [0.1, 0.15) is 23.7 Å².